The van der Waals surface area contributed by atoms with Crippen LogP contribution in [0.4, 0.5) is 10.1 Å². The molecule has 2 aliphatic heterocycles. The van der Waals surface area contributed by atoms with E-state index in [0.717, 1.165) is 56.8 Å². The second kappa shape index (κ2) is 7.91. The molecule has 0 spiro atoms. The lowest BCUT2D eigenvalue weighted by atomic mass is 9.83. The third-order valence-electron chi connectivity index (χ3n) is 6.59. The predicted octanol–water partition coefficient (Wildman–Crippen LogP) is 2.98. The number of halogens is 1. The Morgan fingerprint density at radius 1 is 1.17 bits per heavy atom. The van der Waals surface area contributed by atoms with Crippen molar-refractivity contribution in [3.05, 3.63) is 59.4 Å². The third kappa shape index (κ3) is 3.88. The Labute approximate surface area is 176 Å². The fourth-order valence-corrected chi connectivity index (χ4v) is 4.79. The van der Waals surface area contributed by atoms with Crippen LogP contribution in [0.25, 0.3) is 0 Å². The highest BCUT2D eigenvalue weighted by molar-refractivity contribution is 5.82. The lowest BCUT2D eigenvalue weighted by Gasteiger charge is -2.49. The molecule has 1 saturated heterocycles. The molecule has 5 nitrogen and oxygen atoms in total. The van der Waals surface area contributed by atoms with Gasteiger partial charge in [-0.2, -0.15) is 0 Å². The lowest BCUT2D eigenvalue weighted by Crippen LogP contribution is -2.61. The Morgan fingerprint density at radius 3 is 2.70 bits per heavy atom. The van der Waals surface area contributed by atoms with E-state index >= 15 is 0 Å². The van der Waals surface area contributed by atoms with E-state index in [9.17, 15) is 9.18 Å². The van der Waals surface area contributed by atoms with Crippen molar-refractivity contribution in [2.75, 3.05) is 31.6 Å². The van der Waals surface area contributed by atoms with E-state index in [4.69, 9.17) is 4.74 Å². The molecule has 2 atom stereocenters. The predicted molar refractivity (Wildman–Crippen MR) is 114 cm³/mol. The highest BCUT2D eigenvalue weighted by Crippen LogP contribution is 2.38. The quantitative estimate of drug-likeness (QED) is 0.825. The number of anilines is 1. The van der Waals surface area contributed by atoms with Gasteiger partial charge in [0.15, 0.2) is 0 Å². The van der Waals surface area contributed by atoms with E-state index in [0.29, 0.717) is 6.04 Å². The summed E-state index contributed by atoms with van der Waals surface area (Å²) in [5.74, 6) is 0.750. The summed E-state index contributed by atoms with van der Waals surface area (Å²) < 4.78 is 18.7. The van der Waals surface area contributed by atoms with Crippen molar-refractivity contribution in [2.24, 2.45) is 5.92 Å². The first kappa shape index (κ1) is 19.4. The molecule has 2 aromatic carbocycles. The normalized spacial score (nSPS) is 23.5. The van der Waals surface area contributed by atoms with Crippen LogP contribution in [-0.2, 0) is 17.8 Å². The zero-order valence-electron chi connectivity index (χ0n) is 17.3. The van der Waals surface area contributed by atoms with Gasteiger partial charge in [-0.15, -0.1) is 0 Å². The summed E-state index contributed by atoms with van der Waals surface area (Å²) in [4.78, 5) is 17.9. The number of amides is 1. The van der Waals surface area contributed by atoms with Crippen LogP contribution in [0.5, 0.6) is 5.75 Å². The van der Waals surface area contributed by atoms with Crippen molar-refractivity contribution in [3.8, 4) is 5.75 Å². The maximum atomic E-state index is 13.3. The fourth-order valence-electron chi connectivity index (χ4n) is 4.79. The summed E-state index contributed by atoms with van der Waals surface area (Å²) in [5, 5.41) is 3.23. The first-order valence-corrected chi connectivity index (χ1v) is 10.8. The number of carbonyl (C=O) groups is 1. The molecule has 2 aromatic rings. The van der Waals surface area contributed by atoms with Crippen molar-refractivity contribution in [3.63, 3.8) is 0 Å². The van der Waals surface area contributed by atoms with E-state index in [1.807, 2.05) is 18.2 Å². The molecule has 2 heterocycles. The van der Waals surface area contributed by atoms with Gasteiger partial charge in [-0.3, -0.25) is 9.69 Å². The molecule has 0 unspecified atom stereocenters. The minimum atomic E-state index is -0.210. The van der Waals surface area contributed by atoms with E-state index in [-0.39, 0.29) is 23.7 Å². The largest absolute Gasteiger partial charge is 0.497 e. The molecular formula is C24H28FN3O2. The van der Waals surface area contributed by atoms with Crippen LogP contribution in [0, 0.1) is 11.7 Å². The number of fused-ring (bicyclic) bond motifs is 3. The summed E-state index contributed by atoms with van der Waals surface area (Å²) in [7, 11) is 1.69. The highest BCUT2D eigenvalue weighted by Gasteiger charge is 2.42. The number of ether oxygens (including phenoxy) is 1. The Bertz CT molecular complexity index is 929. The summed E-state index contributed by atoms with van der Waals surface area (Å²) in [5.41, 5.74) is 3.51. The van der Waals surface area contributed by atoms with Crippen LogP contribution in [0.15, 0.2) is 42.5 Å². The van der Waals surface area contributed by atoms with Gasteiger partial charge < -0.3 is 15.0 Å². The molecule has 0 radical (unpaired) electrons. The van der Waals surface area contributed by atoms with Crippen molar-refractivity contribution >= 4 is 11.6 Å². The number of carbonyl (C=O) groups excluding carboxylic acids is 1. The van der Waals surface area contributed by atoms with Crippen LogP contribution in [0.3, 0.4) is 0 Å². The van der Waals surface area contributed by atoms with Crippen LogP contribution >= 0.6 is 0 Å². The van der Waals surface area contributed by atoms with E-state index in [1.54, 1.807) is 7.11 Å². The highest BCUT2D eigenvalue weighted by atomic mass is 19.1. The molecule has 0 aromatic heterocycles. The summed E-state index contributed by atoms with van der Waals surface area (Å²) in [6.45, 7) is 3.35. The lowest BCUT2D eigenvalue weighted by molar-refractivity contribution is -0.126. The summed E-state index contributed by atoms with van der Waals surface area (Å²) >= 11 is 0. The van der Waals surface area contributed by atoms with Gasteiger partial charge in [-0.05, 0) is 48.6 Å². The Hall–Kier alpha value is -2.60. The van der Waals surface area contributed by atoms with Gasteiger partial charge in [0.1, 0.15) is 11.6 Å². The zero-order valence-corrected chi connectivity index (χ0v) is 17.3. The number of piperazine rings is 1. The number of hydrogen-bond acceptors (Lipinski definition) is 4. The van der Waals surface area contributed by atoms with Crippen LogP contribution < -0.4 is 15.0 Å². The SMILES string of the molecule is COc1ccc2c(c1)N1CCN(Cc3ccc(F)cc3)C[C@@H]1[C@@H](C(=O)NC1CC1)C2. The number of nitrogens with one attached hydrogen (secondary N) is 1. The second-order valence-electron chi connectivity index (χ2n) is 8.71. The minimum Gasteiger partial charge on any atom is -0.497 e. The van der Waals surface area contributed by atoms with Crippen LogP contribution in [-0.4, -0.2) is 49.6 Å². The Kier molecular flexibility index (Phi) is 5.11. The first-order chi connectivity index (χ1) is 14.6. The monoisotopic (exact) mass is 409 g/mol. The average molecular weight is 410 g/mol. The summed E-state index contributed by atoms with van der Waals surface area (Å²) in [6.07, 6.45) is 2.94. The molecule has 3 aliphatic rings. The average Bonchev–Trinajstić information content (AvgIpc) is 3.58. The standard InChI is InChI=1S/C24H28FN3O2/c1-30-20-9-4-17-12-21(24(29)26-19-7-8-19)23-15-27(10-11-28(23)22(17)13-20)14-16-2-5-18(25)6-3-16/h2-6,9,13,19,21,23H,7-8,10-12,14-15H2,1H3,(H,26,29)/t21-,23+/m0/s1. The van der Waals surface area contributed by atoms with Gasteiger partial charge in [-0.1, -0.05) is 18.2 Å². The number of benzene rings is 2. The smallest absolute Gasteiger partial charge is 0.225 e. The number of hydrogen-bond donors (Lipinski definition) is 1. The van der Waals surface area contributed by atoms with Crippen molar-refractivity contribution in [2.45, 2.75) is 37.9 Å². The molecule has 1 N–H and O–H groups in total. The third-order valence-corrected chi connectivity index (χ3v) is 6.59. The second-order valence-corrected chi connectivity index (χ2v) is 8.71. The molecule has 1 amide bonds. The van der Waals surface area contributed by atoms with Gasteiger partial charge in [0.05, 0.1) is 19.1 Å². The van der Waals surface area contributed by atoms with E-state index < -0.39 is 0 Å². The zero-order chi connectivity index (χ0) is 20.7. The van der Waals surface area contributed by atoms with Crippen molar-refractivity contribution < 1.29 is 13.9 Å². The van der Waals surface area contributed by atoms with Gasteiger partial charge in [0.25, 0.3) is 0 Å². The number of rotatable bonds is 5. The minimum absolute atomic E-state index is 0.0671. The summed E-state index contributed by atoms with van der Waals surface area (Å²) in [6, 6.07) is 13.4. The topological polar surface area (TPSA) is 44.8 Å². The number of methoxy groups -OCH3 is 1. The Morgan fingerprint density at radius 2 is 1.97 bits per heavy atom. The molecule has 0 bridgehead atoms. The molecule has 5 rings (SSSR count). The van der Waals surface area contributed by atoms with E-state index in [2.05, 4.69) is 27.2 Å². The fraction of sp³-hybridized carbons (Fsp3) is 0.458. The van der Waals surface area contributed by atoms with Gasteiger partial charge in [-0.25, -0.2) is 4.39 Å². The van der Waals surface area contributed by atoms with Gasteiger partial charge in [0, 0.05) is 44.0 Å². The maximum Gasteiger partial charge on any atom is 0.225 e. The molecule has 158 valence electrons. The maximum absolute atomic E-state index is 13.3. The molecular weight excluding hydrogens is 381 g/mol. The van der Waals surface area contributed by atoms with Crippen molar-refractivity contribution in [1.82, 2.24) is 10.2 Å². The molecule has 1 aliphatic carbocycles. The number of nitrogens with zero attached hydrogens (tertiary/aromatic N) is 2. The molecule has 30 heavy (non-hydrogen) atoms. The first-order valence-electron chi connectivity index (χ1n) is 10.8. The van der Waals surface area contributed by atoms with Gasteiger partial charge >= 0.3 is 0 Å². The van der Waals surface area contributed by atoms with Crippen LogP contribution in [0.2, 0.25) is 0 Å². The van der Waals surface area contributed by atoms with Crippen LogP contribution in [0.1, 0.15) is 24.0 Å². The molecule has 6 heteroatoms. The van der Waals surface area contributed by atoms with Gasteiger partial charge in [0.2, 0.25) is 5.91 Å². The Balaban J connectivity index is 1.40. The molecule has 1 saturated carbocycles. The van der Waals surface area contributed by atoms with E-state index in [1.165, 1.54) is 23.4 Å². The van der Waals surface area contributed by atoms with Crippen molar-refractivity contribution in [1.29, 1.82) is 0 Å². The molecule has 2 fully saturated rings.